The molecule has 2 nitrogen and oxygen atoms in total. The molecule has 1 rings (SSSR count). The van der Waals surface area contributed by atoms with Crippen molar-refractivity contribution in [3.63, 3.8) is 0 Å². The first-order valence-corrected chi connectivity index (χ1v) is 5.02. The minimum absolute atomic E-state index is 0.344. The van der Waals surface area contributed by atoms with E-state index in [1.54, 1.807) is 0 Å². The molecule has 0 aliphatic rings. The number of aryl methyl sites for hydroxylation is 1. The van der Waals surface area contributed by atoms with Gasteiger partial charge in [0.1, 0.15) is 0 Å². The fourth-order valence-corrected chi connectivity index (χ4v) is 1.32. The Kier molecular flexibility index (Phi) is 4.37. The van der Waals surface area contributed by atoms with Crippen LogP contribution in [0.25, 0.3) is 0 Å². The molecule has 0 heterocycles. The van der Waals surface area contributed by atoms with Crippen LogP contribution in [0.15, 0.2) is 36.4 Å². The topological polar surface area (TPSA) is 26.3 Å². The molecule has 0 radical (unpaired) electrons. The highest BCUT2D eigenvalue weighted by Gasteiger charge is 2.06. The predicted molar refractivity (Wildman–Crippen MR) is 60.9 cm³/mol. The van der Waals surface area contributed by atoms with Crippen LogP contribution in [0.4, 0.5) is 0 Å². The SMILES string of the molecule is C=C(CCc1ccc(Cl)cc1)C(=O)OC. The number of carbonyl (C=O) groups is 1. The predicted octanol–water partition coefficient (Wildman–Crippen LogP) is 3.00. The Bertz CT molecular complexity index is 354. The van der Waals surface area contributed by atoms with Gasteiger partial charge in [0.2, 0.25) is 0 Å². The Hall–Kier alpha value is -1.28. The maximum atomic E-state index is 11.0. The van der Waals surface area contributed by atoms with Crippen LogP contribution in [0.3, 0.4) is 0 Å². The van der Waals surface area contributed by atoms with Gasteiger partial charge in [-0.15, -0.1) is 0 Å². The largest absolute Gasteiger partial charge is 0.466 e. The zero-order chi connectivity index (χ0) is 11.3. The van der Waals surface area contributed by atoms with Gasteiger partial charge in [0, 0.05) is 10.6 Å². The van der Waals surface area contributed by atoms with Crippen molar-refractivity contribution in [1.29, 1.82) is 0 Å². The summed E-state index contributed by atoms with van der Waals surface area (Å²) in [6.45, 7) is 3.66. The number of methoxy groups -OCH3 is 1. The van der Waals surface area contributed by atoms with Crippen molar-refractivity contribution in [2.24, 2.45) is 0 Å². The quantitative estimate of drug-likeness (QED) is 0.581. The standard InChI is InChI=1S/C12H13ClO2/c1-9(12(14)15-2)3-4-10-5-7-11(13)8-6-10/h5-8H,1,3-4H2,2H3. The van der Waals surface area contributed by atoms with Crippen LogP contribution in [-0.2, 0) is 16.0 Å². The van der Waals surface area contributed by atoms with Crippen molar-refractivity contribution in [2.75, 3.05) is 7.11 Å². The summed E-state index contributed by atoms with van der Waals surface area (Å²) in [7, 11) is 1.36. The van der Waals surface area contributed by atoms with Crippen molar-refractivity contribution < 1.29 is 9.53 Å². The molecule has 0 spiro atoms. The molecule has 0 aromatic heterocycles. The summed E-state index contributed by atoms with van der Waals surface area (Å²) in [5.41, 5.74) is 1.62. The van der Waals surface area contributed by atoms with Gasteiger partial charge in [-0.2, -0.15) is 0 Å². The van der Waals surface area contributed by atoms with E-state index >= 15 is 0 Å². The lowest BCUT2D eigenvalue weighted by Gasteiger charge is -2.03. The van der Waals surface area contributed by atoms with Crippen molar-refractivity contribution in [3.8, 4) is 0 Å². The molecule has 0 saturated heterocycles. The number of ether oxygens (including phenoxy) is 1. The van der Waals surface area contributed by atoms with Gasteiger partial charge in [-0.3, -0.25) is 0 Å². The van der Waals surface area contributed by atoms with Gasteiger partial charge in [-0.1, -0.05) is 30.3 Å². The molecule has 80 valence electrons. The molecule has 0 aliphatic heterocycles. The molecule has 0 N–H and O–H groups in total. The van der Waals surface area contributed by atoms with Crippen LogP contribution in [0.2, 0.25) is 5.02 Å². The van der Waals surface area contributed by atoms with E-state index in [1.165, 1.54) is 7.11 Å². The zero-order valence-electron chi connectivity index (χ0n) is 8.63. The second-order valence-electron chi connectivity index (χ2n) is 3.22. The minimum Gasteiger partial charge on any atom is -0.466 e. The van der Waals surface area contributed by atoms with Gasteiger partial charge in [-0.05, 0) is 30.5 Å². The van der Waals surface area contributed by atoms with E-state index in [9.17, 15) is 4.79 Å². The third kappa shape index (κ3) is 3.76. The maximum absolute atomic E-state index is 11.0. The van der Waals surface area contributed by atoms with Crippen LogP contribution < -0.4 is 0 Å². The lowest BCUT2D eigenvalue weighted by molar-refractivity contribution is -0.136. The lowest BCUT2D eigenvalue weighted by Crippen LogP contribution is -2.04. The third-order valence-electron chi connectivity index (χ3n) is 2.10. The summed E-state index contributed by atoms with van der Waals surface area (Å²) in [6.07, 6.45) is 1.37. The number of benzene rings is 1. The summed E-state index contributed by atoms with van der Waals surface area (Å²) in [6, 6.07) is 7.54. The lowest BCUT2D eigenvalue weighted by atomic mass is 10.1. The molecule has 0 bridgehead atoms. The van der Waals surface area contributed by atoms with Gasteiger partial charge in [-0.25, -0.2) is 4.79 Å². The average molecular weight is 225 g/mol. The average Bonchev–Trinajstić information content (AvgIpc) is 2.26. The van der Waals surface area contributed by atoms with Crippen LogP contribution in [-0.4, -0.2) is 13.1 Å². The number of hydrogen-bond acceptors (Lipinski definition) is 2. The number of halogens is 1. The second kappa shape index (κ2) is 5.56. The zero-order valence-corrected chi connectivity index (χ0v) is 9.38. The van der Waals surface area contributed by atoms with Crippen molar-refractivity contribution >= 4 is 17.6 Å². The Morgan fingerprint density at radius 3 is 2.53 bits per heavy atom. The highest BCUT2D eigenvalue weighted by Crippen LogP contribution is 2.13. The summed E-state index contributed by atoms with van der Waals surface area (Å²) in [5.74, 6) is -0.344. The first kappa shape index (κ1) is 11.8. The summed E-state index contributed by atoms with van der Waals surface area (Å²) < 4.78 is 4.56. The van der Waals surface area contributed by atoms with Crippen LogP contribution in [0.1, 0.15) is 12.0 Å². The number of rotatable bonds is 4. The molecule has 0 amide bonds. The van der Waals surface area contributed by atoms with Gasteiger partial charge < -0.3 is 4.74 Å². The Morgan fingerprint density at radius 2 is 2.00 bits per heavy atom. The first-order valence-electron chi connectivity index (χ1n) is 4.64. The number of carbonyl (C=O) groups excluding carboxylic acids is 1. The third-order valence-corrected chi connectivity index (χ3v) is 2.35. The Labute approximate surface area is 94.5 Å². The summed E-state index contributed by atoms with van der Waals surface area (Å²) >= 11 is 5.76. The van der Waals surface area contributed by atoms with E-state index in [-0.39, 0.29) is 5.97 Å². The monoisotopic (exact) mass is 224 g/mol. The Balaban J connectivity index is 2.47. The highest BCUT2D eigenvalue weighted by atomic mass is 35.5. The molecular formula is C12H13ClO2. The van der Waals surface area contributed by atoms with Crippen molar-refractivity contribution in [1.82, 2.24) is 0 Å². The smallest absolute Gasteiger partial charge is 0.333 e. The molecule has 0 saturated carbocycles. The molecule has 0 unspecified atom stereocenters. The van der Waals surface area contributed by atoms with Gasteiger partial charge in [0.25, 0.3) is 0 Å². The molecule has 3 heteroatoms. The fraction of sp³-hybridized carbons (Fsp3) is 0.250. The van der Waals surface area contributed by atoms with E-state index in [1.807, 2.05) is 24.3 Å². The van der Waals surface area contributed by atoms with E-state index in [0.29, 0.717) is 17.0 Å². The van der Waals surface area contributed by atoms with E-state index in [2.05, 4.69) is 11.3 Å². The fourth-order valence-electron chi connectivity index (χ4n) is 1.19. The summed E-state index contributed by atoms with van der Waals surface area (Å²) in [5, 5.41) is 0.713. The molecule has 0 fully saturated rings. The number of hydrogen-bond donors (Lipinski definition) is 0. The van der Waals surface area contributed by atoms with Crippen molar-refractivity contribution in [3.05, 3.63) is 47.0 Å². The minimum atomic E-state index is -0.344. The molecule has 0 atom stereocenters. The Morgan fingerprint density at radius 1 is 1.40 bits per heavy atom. The van der Waals surface area contributed by atoms with Crippen molar-refractivity contribution in [2.45, 2.75) is 12.8 Å². The van der Waals surface area contributed by atoms with Gasteiger partial charge >= 0.3 is 5.97 Å². The van der Waals surface area contributed by atoms with E-state index in [4.69, 9.17) is 11.6 Å². The summed E-state index contributed by atoms with van der Waals surface area (Å²) in [4.78, 5) is 11.0. The highest BCUT2D eigenvalue weighted by molar-refractivity contribution is 6.30. The normalized spacial score (nSPS) is 9.73. The molecule has 15 heavy (non-hydrogen) atoms. The molecule has 1 aromatic carbocycles. The van der Waals surface area contributed by atoms with Crippen LogP contribution in [0.5, 0.6) is 0 Å². The van der Waals surface area contributed by atoms with Gasteiger partial charge in [0.05, 0.1) is 7.11 Å². The second-order valence-corrected chi connectivity index (χ2v) is 3.66. The first-order chi connectivity index (χ1) is 7.13. The van der Waals surface area contributed by atoms with E-state index in [0.717, 1.165) is 12.0 Å². The van der Waals surface area contributed by atoms with E-state index < -0.39 is 0 Å². The molecular weight excluding hydrogens is 212 g/mol. The molecule has 1 aromatic rings. The van der Waals surface area contributed by atoms with Crippen LogP contribution >= 0.6 is 11.6 Å². The van der Waals surface area contributed by atoms with Crippen LogP contribution in [0, 0.1) is 0 Å². The maximum Gasteiger partial charge on any atom is 0.333 e. The number of esters is 1. The van der Waals surface area contributed by atoms with Gasteiger partial charge in [0.15, 0.2) is 0 Å². The molecule has 0 aliphatic carbocycles.